The number of aliphatic imine (C=N–C) groups is 1. The SMILES string of the molecule is CCOC(=O)[C@H]1CCCN(C(=NC)NCCOc2ncccc2Cl)C1.I. The summed E-state index contributed by atoms with van der Waals surface area (Å²) < 4.78 is 10.7. The number of pyridine rings is 1. The summed E-state index contributed by atoms with van der Waals surface area (Å²) in [4.78, 5) is 22.4. The maximum Gasteiger partial charge on any atom is 0.310 e. The second-order valence-electron chi connectivity index (χ2n) is 5.65. The Labute approximate surface area is 176 Å². The Balaban J connectivity index is 0.00000338. The molecule has 146 valence electrons. The summed E-state index contributed by atoms with van der Waals surface area (Å²) in [5.41, 5.74) is 0. The van der Waals surface area contributed by atoms with E-state index in [0.717, 1.165) is 25.3 Å². The quantitative estimate of drug-likeness (QED) is 0.215. The van der Waals surface area contributed by atoms with Crippen LogP contribution in [0.3, 0.4) is 0 Å². The zero-order valence-corrected chi connectivity index (χ0v) is 18.2. The average molecular weight is 497 g/mol. The first kappa shape index (κ1) is 22.8. The fourth-order valence-corrected chi connectivity index (χ4v) is 2.92. The third-order valence-electron chi connectivity index (χ3n) is 3.90. The summed E-state index contributed by atoms with van der Waals surface area (Å²) in [6.07, 6.45) is 3.43. The Morgan fingerprint density at radius 1 is 1.54 bits per heavy atom. The van der Waals surface area contributed by atoms with Crippen molar-refractivity contribution in [1.29, 1.82) is 0 Å². The van der Waals surface area contributed by atoms with Gasteiger partial charge in [0.25, 0.3) is 0 Å². The lowest BCUT2D eigenvalue weighted by molar-refractivity contribution is -0.149. The van der Waals surface area contributed by atoms with Crippen molar-refractivity contribution >= 4 is 47.5 Å². The molecule has 1 aromatic rings. The molecule has 0 aliphatic carbocycles. The van der Waals surface area contributed by atoms with Crippen molar-refractivity contribution in [2.75, 3.05) is 39.9 Å². The second-order valence-corrected chi connectivity index (χ2v) is 6.06. The fraction of sp³-hybridized carbons (Fsp3) is 0.588. The Morgan fingerprint density at radius 3 is 3.04 bits per heavy atom. The maximum absolute atomic E-state index is 12.0. The van der Waals surface area contributed by atoms with Gasteiger partial charge in [0.15, 0.2) is 5.96 Å². The molecule has 1 atom stereocenters. The maximum atomic E-state index is 12.0. The van der Waals surface area contributed by atoms with E-state index < -0.39 is 0 Å². The highest BCUT2D eigenvalue weighted by Crippen LogP contribution is 2.20. The number of esters is 1. The molecule has 0 spiro atoms. The Morgan fingerprint density at radius 2 is 2.35 bits per heavy atom. The van der Waals surface area contributed by atoms with Crippen LogP contribution in [0.4, 0.5) is 0 Å². The van der Waals surface area contributed by atoms with Crippen LogP contribution in [0, 0.1) is 5.92 Å². The van der Waals surface area contributed by atoms with Crippen LogP contribution in [-0.4, -0.2) is 61.7 Å². The third kappa shape index (κ3) is 6.79. The van der Waals surface area contributed by atoms with Gasteiger partial charge in [-0.25, -0.2) is 4.98 Å². The minimum absolute atomic E-state index is 0. The van der Waals surface area contributed by atoms with Crippen LogP contribution in [0.2, 0.25) is 5.02 Å². The van der Waals surface area contributed by atoms with E-state index in [-0.39, 0.29) is 35.9 Å². The summed E-state index contributed by atoms with van der Waals surface area (Å²) in [5.74, 6) is 0.942. The van der Waals surface area contributed by atoms with Gasteiger partial charge < -0.3 is 19.7 Å². The fourth-order valence-electron chi connectivity index (χ4n) is 2.74. The number of ether oxygens (including phenoxy) is 2. The predicted octanol–water partition coefficient (Wildman–Crippen LogP) is 2.58. The molecular weight excluding hydrogens is 471 g/mol. The number of aromatic nitrogens is 1. The molecule has 0 radical (unpaired) electrons. The van der Waals surface area contributed by atoms with Crippen molar-refractivity contribution in [3.05, 3.63) is 23.4 Å². The number of hydrogen-bond donors (Lipinski definition) is 1. The number of piperidine rings is 1. The first-order valence-electron chi connectivity index (χ1n) is 8.51. The van der Waals surface area contributed by atoms with E-state index in [9.17, 15) is 4.79 Å². The minimum Gasteiger partial charge on any atom is -0.475 e. The van der Waals surface area contributed by atoms with Crippen molar-refractivity contribution in [3.63, 3.8) is 0 Å². The second kappa shape index (κ2) is 12.2. The van der Waals surface area contributed by atoms with Crippen molar-refractivity contribution < 1.29 is 14.3 Å². The molecule has 0 amide bonds. The standard InChI is InChI=1S/C17H25ClN4O3.HI/c1-3-24-16(23)13-6-5-10-22(12-13)17(19-2)21-9-11-25-15-14(18)7-4-8-20-15;/h4,7-8,13H,3,5-6,9-12H2,1-2H3,(H,19,21);1H/t13-;/m0./s1. The molecule has 1 saturated heterocycles. The number of carbonyl (C=O) groups is 1. The van der Waals surface area contributed by atoms with Gasteiger partial charge >= 0.3 is 5.97 Å². The van der Waals surface area contributed by atoms with Gasteiger partial charge in [0.2, 0.25) is 5.88 Å². The van der Waals surface area contributed by atoms with Crippen LogP contribution in [0.15, 0.2) is 23.3 Å². The molecule has 0 bridgehead atoms. The molecule has 7 nitrogen and oxygen atoms in total. The van der Waals surface area contributed by atoms with Crippen molar-refractivity contribution in [2.24, 2.45) is 10.9 Å². The highest BCUT2D eigenvalue weighted by atomic mass is 127. The van der Waals surface area contributed by atoms with Crippen molar-refractivity contribution in [1.82, 2.24) is 15.2 Å². The molecular formula is C17H26ClIN4O3. The van der Waals surface area contributed by atoms with E-state index in [4.69, 9.17) is 21.1 Å². The van der Waals surface area contributed by atoms with Crippen molar-refractivity contribution in [3.8, 4) is 5.88 Å². The van der Waals surface area contributed by atoms with Crippen molar-refractivity contribution in [2.45, 2.75) is 19.8 Å². The number of carbonyl (C=O) groups excluding carboxylic acids is 1. The molecule has 2 rings (SSSR count). The molecule has 0 aromatic carbocycles. The zero-order valence-electron chi connectivity index (χ0n) is 15.1. The van der Waals surface area contributed by atoms with E-state index in [1.165, 1.54) is 0 Å². The van der Waals surface area contributed by atoms with Gasteiger partial charge in [0, 0.05) is 26.3 Å². The number of nitrogens with one attached hydrogen (secondary N) is 1. The van der Waals surface area contributed by atoms with Crippen LogP contribution in [0.25, 0.3) is 0 Å². The van der Waals surface area contributed by atoms with E-state index in [2.05, 4.69) is 20.2 Å². The molecule has 0 unspecified atom stereocenters. The molecule has 1 fully saturated rings. The normalized spacial score (nSPS) is 17.3. The number of nitrogens with zero attached hydrogens (tertiary/aromatic N) is 3. The highest BCUT2D eigenvalue weighted by Gasteiger charge is 2.28. The summed E-state index contributed by atoms with van der Waals surface area (Å²) >= 11 is 6.00. The summed E-state index contributed by atoms with van der Waals surface area (Å²) in [5, 5.41) is 3.73. The zero-order chi connectivity index (χ0) is 18.1. The van der Waals surface area contributed by atoms with Crippen LogP contribution in [0.5, 0.6) is 5.88 Å². The number of rotatable bonds is 6. The molecule has 1 aliphatic heterocycles. The van der Waals surface area contributed by atoms with Crippen LogP contribution >= 0.6 is 35.6 Å². The van der Waals surface area contributed by atoms with E-state index in [0.29, 0.717) is 37.2 Å². The number of guanidine groups is 1. The van der Waals surface area contributed by atoms with Gasteiger partial charge in [-0.2, -0.15) is 0 Å². The lowest BCUT2D eigenvalue weighted by Crippen LogP contribution is -2.49. The number of halogens is 2. The minimum atomic E-state index is -0.129. The van der Waals surface area contributed by atoms with Gasteiger partial charge in [0.05, 0.1) is 19.1 Å². The predicted molar refractivity (Wildman–Crippen MR) is 112 cm³/mol. The topological polar surface area (TPSA) is 76.0 Å². The Hall–Kier alpha value is -1.29. The Bertz CT molecular complexity index is 603. The van der Waals surface area contributed by atoms with Gasteiger partial charge in [-0.1, -0.05) is 11.6 Å². The summed E-state index contributed by atoms with van der Waals surface area (Å²) in [6, 6.07) is 3.49. The van der Waals surface area contributed by atoms with Gasteiger partial charge in [0.1, 0.15) is 11.6 Å². The molecule has 2 heterocycles. The van der Waals surface area contributed by atoms with Crippen LogP contribution < -0.4 is 10.1 Å². The largest absolute Gasteiger partial charge is 0.475 e. The monoisotopic (exact) mass is 496 g/mol. The summed E-state index contributed by atoms with van der Waals surface area (Å²) in [7, 11) is 1.73. The molecule has 1 N–H and O–H groups in total. The Kier molecular flexibility index (Phi) is 10.6. The molecule has 9 heteroatoms. The lowest BCUT2D eigenvalue weighted by atomic mass is 9.98. The van der Waals surface area contributed by atoms with E-state index >= 15 is 0 Å². The summed E-state index contributed by atoms with van der Waals surface area (Å²) in [6.45, 7) is 4.68. The molecule has 1 aliphatic rings. The van der Waals surface area contributed by atoms with E-state index in [1.54, 1.807) is 25.4 Å². The lowest BCUT2D eigenvalue weighted by Gasteiger charge is -2.33. The van der Waals surface area contributed by atoms with Crippen LogP contribution in [-0.2, 0) is 9.53 Å². The molecule has 26 heavy (non-hydrogen) atoms. The smallest absolute Gasteiger partial charge is 0.310 e. The first-order chi connectivity index (χ1) is 12.2. The molecule has 1 aromatic heterocycles. The number of hydrogen-bond acceptors (Lipinski definition) is 5. The molecule has 0 saturated carbocycles. The van der Waals surface area contributed by atoms with E-state index in [1.807, 2.05) is 6.92 Å². The average Bonchev–Trinajstić information content (AvgIpc) is 2.63. The number of likely N-dealkylation sites (tertiary alicyclic amines) is 1. The van der Waals surface area contributed by atoms with Gasteiger partial charge in [-0.05, 0) is 31.9 Å². The van der Waals surface area contributed by atoms with Gasteiger partial charge in [-0.3, -0.25) is 9.79 Å². The third-order valence-corrected chi connectivity index (χ3v) is 4.19. The van der Waals surface area contributed by atoms with Gasteiger partial charge in [-0.15, -0.1) is 24.0 Å². The van der Waals surface area contributed by atoms with Crippen LogP contribution in [0.1, 0.15) is 19.8 Å². The highest BCUT2D eigenvalue weighted by molar-refractivity contribution is 14.0. The first-order valence-corrected chi connectivity index (χ1v) is 8.89.